The SMILES string of the molecule is CCNC(C)c1ccc(OC)c(CS(=O)C(C)C(C)C)c1. The lowest BCUT2D eigenvalue weighted by molar-refractivity contribution is 0.410. The van der Waals surface area contributed by atoms with Crippen LogP contribution in [0.3, 0.4) is 0 Å². The average Bonchev–Trinajstić information content (AvgIpc) is 2.46. The van der Waals surface area contributed by atoms with Gasteiger partial charge in [-0.3, -0.25) is 4.21 Å². The molecule has 1 aromatic rings. The van der Waals surface area contributed by atoms with Crippen molar-refractivity contribution >= 4 is 10.8 Å². The molecule has 0 saturated heterocycles. The molecule has 1 aromatic carbocycles. The van der Waals surface area contributed by atoms with Crippen molar-refractivity contribution < 1.29 is 8.95 Å². The standard InChI is InChI=1S/C17H29NO2S/c1-7-18-13(4)15-8-9-17(20-6)16(10-15)11-21(19)14(5)12(2)3/h8-10,12-14,18H,7,11H2,1-6H3. The fraction of sp³-hybridized carbons (Fsp3) is 0.647. The second kappa shape index (κ2) is 8.54. The summed E-state index contributed by atoms with van der Waals surface area (Å²) in [6.07, 6.45) is 0. The van der Waals surface area contributed by atoms with Gasteiger partial charge in [-0.25, -0.2) is 0 Å². The van der Waals surface area contributed by atoms with Crippen molar-refractivity contribution in [1.82, 2.24) is 5.32 Å². The van der Waals surface area contributed by atoms with E-state index in [1.54, 1.807) is 7.11 Å². The predicted molar refractivity (Wildman–Crippen MR) is 91.2 cm³/mol. The lowest BCUT2D eigenvalue weighted by Crippen LogP contribution is -2.20. The molecule has 0 aromatic heterocycles. The van der Waals surface area contributed by atoms with Crippen molar-refractivity contribution in [2.75, 3.05) is 13.7 Å². The molecule has 0 amide bonds. The van der Waals surface area contributed by atoms with E-state index in [1.165, 1.54) is 5.56 Å². The summed E-state index contributed by atoms with van der Waals surface area (Å²) in [7, 11) is 0.784. The summed E-state index contributed by atoms with van der Waals surface area (Å²) in [5, 5.41) is 3.59. The maximum Gasteiger partial charge on any atom is 0.123 e. The highest BCUT2D eigenvalue weighted by atomic mass is 32.2. The molecule has 1 rings (SSSR count). The molecule has 1 N–H and O–H groups in total. The maximum atomic E-state index is 12.5. The lowest BCUT2D eigenvalue weighted by atomic mass is 10.0. The Balaban J connectivity index is 2.98. The van der Waals surface area contributed by atoms with E-state index in [0.29, 0.717) is 11.7 Å². The zero-order chi connectivity index (χ0) is 16.0. The van der Waals surface area contributed by atoms with Crippen LogP contribution in [0.2, 0.25) is 0 Å². The molecule has 0 aliphatic rings. The average molecular weight is 311 g/mol. The number of benzene rings is 1. The summed E-state index contributed by atoms with van der Waals surface area (Å²) in [5.41, 5.74) is 2.24. The Kier molecular flexibility index (Phi) is 7.40. The number of nitrogens with one attached hydrogen (secondary N) is 1. The smallest absolute Gasteiger partial charge is 0.123 e. The molecular weight excluding hydrogens is 282 g/mol. The Morgan fingerprint density at radius 1 is 1.24 bits per heavy atom. The van der Waals surface area contributed by atoms with Crippen molar-refractivity contribution in [2.24, 2.45) is 5.92 Å². The van der Waals surface area contributed by atoms with E-state index in [4.69, 9.17) is 4.74 Å². The van der Waals surface area contributed by atoms with E-state index in [2.05, 4.69) is 52.1 Å². The highest BCUT2D eigenvalue weighted by Gasteiger charge is 2.18. The van der Waals surface area contributed by atoms with Gasteiger partial charge in [0.25, 0.3) is 0 Å². The predicted octanol–water partition coefficient (Wildman–Crippen LogP) is 3.66. The quantitative estimate of drug-likeness (QED) is 0.796. The molecule has 0 spiro atoms. The fourth-order valence-electron chi connectivity index (χ4n) is 2.19. The molecule has 0 aliphatic carbocycles. The van der Waals surface area contributed by atoms with Gasteiger partial charge in [0.15, 0.2) is 0 Å². The van der Waals surface area contributed by atoms with Gasteiger partial charge < -0.3 is 10.1 Å². The van der Waals surface area contributed by atoms with Gasteiger partial charge in [0.2, 0.25) is 0 Å². The van der Waals surface area contributed by atoms with Crippen LogP contribution in [0.5, 0.6) is 5.75 Å². The van der Waals surface area contributed by atoms with Gasteiger partial charge >= 0.3 is 0 Å². The minimum atomic E-state index is -0.883. The van der Waals surface area contributed by atoms with E-state index < -0.39 is 10.8 Å². The Labute approximate surface area is 131 Å². The molecule has 0 bridgehead atoms. The van der Waals surface area contributed by atoms with E-state index >= 15 is 0 Å². The van der Waals surface area contributed by atoms with Crippen LogP contribution in [0.25, 0.3) is 0 Å². The first kappa shape index (κ1) is 18.2. The first-order valence-electron chi connectivity index (χ1n) is 7.68. The monoisotopic (exact) mass is 311 g/mol. The third-order valence-corrected chi connectivity index (χ3v) is 5.94. The minimum absolute atomic E-state index is 0.185. The van der Waals surface area contributed by atoms with E-state index in [1.807, 2.05) is 6.07 Å². The Morgan fingerprint density at radius 3 is 2.43 bits per heavy atom. The summed E-state index contributed by atoms with van der Waals surface area (Å²) >= 11 is 0. The molecule has 21 heavy (non-hydrogen) atoms. The van der Waals surface area contributed by atoms with E-state index in [0.717, 1.165) is 17.9 Å². The summed E-state index contributed by atoms with van der Waals surface area (Å²) < 4.78 is 17.9. The molecule has 0 fully saturated rings. The number of hydrogen-bond donors (Lipinski definition) is 1. The fourth-order valence-corrected chi connectivity index (χ4v) is 3.60. The number of hydrogen-bond acceptors (Lipinski definition) is 3. The van der Waals surface area contributed by atoms with Gasteiger partial charge in [0.1, 0.15) is 5.75 Å². The zero-order valence-electron chi connectivity index (χ0n) is 14.1. The topological polar surface area (TPSA) is 38.3 Å². The first-order chi connectivity index (χ1) is 9.90. The highest BCUT2D eigenvalue weighted by Crippen LogP contribution is 2.26. The highest BCUT2D eigenvalue weighted by molar-refractivity contribution is 7.84. The third-order valence-electron chi connectivity index (χ3n) is 3.97. The van der Waals surface area contributed by atoms with Crippen LogP contribution in [0, 0.1) is 5.92 Å². The molecule has 3 nitrogen and oxygen atoms in total. The Bertz CT molecular complexity index is 474. The zero-order valence-corrected chi connectivity index (χ0v) is 14.9. The molecular formula is C17H29NO2S. The van der Waals surface area contributed by atoms with Crippen molar-refractivity contribution in [3.05, 3.63) is 29.3 Å². The third kappa shape index (κ3) is 5.11. The molecule has 4 heteroatoms. The van der Waals surface area contributed by atoms with Crippen LogP contribution >= 0.6 is 0 Å². The maximum absolute atomic E-state index is 12.5. The number of rotatable bonds is 8. The van der Waals surface area contributed by atoms with E-state index in [-0.39, 0.29) is 11.3 Å². The first-order valence-corrected chi connectivity index (χ1v) is 9.06. The second-order valence-corrected chi connectivity index (χ2v) is 7.62. The van der Waals surface area contributed by atoms with Crippen molar-refractivity contribution in [2.45, 2.75) is 51.7 Å². The summed E-state index contributed by atoms with van der Waals surface area (Å²) in [5.74, 6) is 1.79. The van der Waals surface area contributed by atoms with Gasteiger partial charge in [-0.2, -0.15) is 0 Å². The van der Waals surface area contributed by atoms with Gasteiger partial charge in [-0.15, -0.1) is 0 Å². The van der Waals surface area contributed by atoms with Crippen molar-refractivity contribution in [3.8, 4) is 5.75 Å². The van der Waals surface area contributed by atoms with Crippen LogP contribution in [0.4, 0.5) is 0 Å². The van der Waals surface area contributed by atoms with Gasteiger partial charge in [0.05, 0.1) is 12.9 Å². The summed E-state index contributed by atoms with van der Waals surface area (Å²) in [6.45, 7) is 11.5. The number of methoxy groups -OCH3 is 1. The molecule has 3 unspecified atom stereocenters. The summed E-state index contributed by atoms with van der Waals surface area (Å²) in [6, 6.07) is 6.47. The van der Waals surface area contributed by atoms with Gasteiger partial charge in [0, 0.05) is 27.7 Å². The van der Waals surface area contributed by atoms with Crippen LogP contribution in [0.1, 0.15) is 51.8 Å². The largest absolute Gasteiger partial charge is 0.496 e. The Morgan fingerprint density at radius 2 is 1.90 bits per heavy atom. The van der Waals surface area contributed by atoms with Crippen LogP contribution in [-0.4, -0.2) is 23.1 Å². The van der Waals surface area contributed by atoms with Gasteiger partial charge in [-0.1, -0.05) is 33.8 Å². The molecule has 0 radical (unpaired) electrons. The van der Waals surface area contributed by atoms with E-state index in [9.17, 15) is 4.21 Å². The molecule has 0 heterocycles. The molecule has 120 valence electrons. The minimum Gasteiger partial charge on any atom is -0.496 e. The van der Waals surface area contributed by atoms with Crippen molar-refractivity contribution in [3.63, 3.8) is 0 Å². The molecule has 3 atom stereocenters. The molecule has 0 aliphatic heterocycles. The number of ether oxygens (including phenoxy) is 1. The normalized spacial score (nSPS) is 15.8. The lowest BCUT2D eigenvalue weighted by Gasteiger charge is -2.18. The van der Waals surface area contributed by atoms with Gasteiger partial charge in [-0.05, 0) is 37.1 Å². The van der Waals surface area contributed by atoms with Crippen LogP contribution < -0.4 is 10.1 Å². The van der Waals surface area contributed by atoms with Crippen LogP contribution in [-0.2, 0) is 16.6 Å². The molecule has 0 saturated carbocycles. The Hall–Kier alpha value is -0.870. The van der Waals surface area contributed by atoms with Crippen LogP contribution in [0.15, 0.2) is 18.2 Å². The second-order valence-electron chi connectivity index (χ2n) is 5.82. The van der Waals surface area contributed by atoms with Crippen molar-refractivity contribution in [1.29, 1.82) is 0 Å². The summed E-state index contributed by atoms with van der Waals surface area (Å²) in [4.78, 5) is 0.